The highest BCUT2D eigenvalue weighted by atomic mass is 16.5. The molecule has 5 rings (SSSR count). The minimum Gasteiger partial charge on any atom is -0.424 e. The Morgan fingerprint density at radius 2 is 1.78 bits per heavy atom. The summed E-state index contributed by atoms with van der Waals surface area (Å²) in [5.74, 6) is 3.19. The molecule has 1 aromatic carbocycles. The molecule has 0 amide bonds. The first kappa shape index (κ1) is 20.7. The first-order chi connectivity index (χ1) is 15.4. The number of allylic oxidation sites excluding steroid dienone is 1. The van der Waals surface area contributed by atoms with Crippen molar-refractivity contribution in [3.63, 3.8) is 0 Å². The van der Waals surface area contributed by atoms with Gasteiger partial charge in [-0.1, -0.05) is 17.7 Å². The number of fused-ring (bicyclic) bond motifs is 1. The van der Waals surface area contributed by atoms with E-state index in [0.29, 0.717) is 11.8 Å². The van der Waals surface area contributed by atoms with Gasteiger partial charge in [0.25, 0.3) is 0 Å². The van der Waals surface area contributed by atoms with Gasteiger partial charge in [0.1, 0.15) is 23.2 Å². The molecule has 3 aliphatic rings. The molecule has 1 saturated heterocycles. The summed E-state index contributed by atoms with van der Waals surface area (Å²) in [5, 5.41) is 3.34. The molecule has 2 aliphatic heterocycles. The summed E-state index contributed by atoms with van der Waals surface area (Å²) in [6, 6.07) is 6.52. The van der Waals surface area contributed by atoms with Crippen LogP contribution in [0.5, 0.6) is 11.8 Å². The maximum absolute atomic E-state index is 6.26. The van der Waals surface area contributed by atoms with Gasteiger partial charge in [-0.15, -0.1) is 0 Å². The fraction of sp³-hybridized carbons (Fsp3) is 0.400. The van der Waals surface area contributed by atoms with Gasteiger partial charge in [0, 0.05) is 32.2 Å². The van der Waals surface area contributed by atoms with Crippen molar-refractivity contribution in [1.82, 2.24) is 14.9 Å². The quantitative estimate of drug-likeness (QED) is 0.789. The van der Waals surface area contributed by atoms with Crippen LogP contribution in [0.1, 0.15) is 30.5 Å². The van der Waals surface area contributed by atoms with E-state index in [4.69, 9.17) is 9.72 Å². The lowest BCUT2D eigenvalue weighted by Gasteiger charge is -2.33. The predicted octanol–water partition coefficient (Wildman–Crippen LogP) is 4.06. The first-order valence-electron chi connectivity index (χ1n) is 11.2. The number of benzene rings is 1. The third kappa shape index (κ3) is 4.25. The van der Waals surface area contributed by atoms with Crippen molar-refractivity contribution in [2.75, 3.05) is 50.0 Å². The second-order valence-corrected chi connectivity index (χ2v) is 9.03. The normalized spacial score (nSPS) is 18.2. The first-order valence-corrected chi connectivity index (χ1v) is 11.2. The van der Waals surface area contributed by atoms with Crippen LogP contribution in [-0.2, 0) is 6.42 Å². The van der Waals surface area contributed by atoms with Gasteiger partial charge < -0.3 is 19.9 Å². The van der Waals surface area contributed by atoms with E-state index >= 15 is 0 Å². The van der Waals surface area contributed by atoms with Crippen molar-refractivity contribution in [2.24, 2.45) is 4.99 Å². The van der Waals surface area contributed by atoms with Crippen LogP contribution in [0.2, 0.25) is 0 Å². The Morgan fingerprint density at radius 3 is 2.53 bits per heavy atom. The Bertz CT molecular complexity index is 1140. The molecule has 0 saturated carbocycles. The van der Waals surface area contributed by atoms with Crippen molar-refractivity contribution in [1.29, 1.82) is 0 Å². The monoisotopic (exact) mass is 430 g/mol. The number of nitrogens with zero attached hydrogens (tertiary/aromatic N) is 5. The smallest absolute Gasteiger partial charge is 0.325 e. The van der Waals surface area contributed by atoms with Crippen molar-refractivity contribution in [2.45, 2.75) is 27.2 Å². The lowest BCUT2D eigenvalue weighted by atomic mass is 10.0. The Labute approximate surface area is 189 Å². The number of hydrogen-bond acceptors (Lipinski definition) is 7. The van der Waals surface area contributed by atoms with E-state index in [9.17, 15) is 0 Å². The minimum atomic E-state index is 0.352. The zero-order valence-electron chi connectivity index (χ0n) is 19.3. The molecular formula is C25H30N6O. The largest absolute Gasteiger partial charge is 0.424 e. The number of nitrogens with one attached hydrogen (secondary N) is 1. The summed E-state index contributed by atoms with van der Waals surface area (Å²) in [6.45, 7) is 10.9. The van der Waals surface area contributed by atoms with Crippen molar-refractivity contribution in [3.8, 4) is 11.8 Å². The Morgan fingerprint density at radius 1 is 0.969 bits per heavy atom. The third-order valence-corrected chi connectivity index (χ3v) is 6.27. The van der Waals surface area contributed by atoms with Crippen LogP contribution in [-0.4, -0.2) is 60.5 Å². The number of ether oxygens (including phenoxy) is 1. The molecule has 1 N–H and O–H groups in total. The van der Waals surface area contributed by atoms with Gasteiger partial charge in [-0.25, -0.2) is 0 Å². The maximum atomic E-state index is 6.26. The van der Waals surface area contributed by atoms with E-state index in [1.54, 1.807) is 0 Å². The molecule has 32 heavy (non-hydrogen) atoms. The van der Waals surface area contributed by atoms with Crippen LogP contribution >= 0.6 is 0 Å². The van der Waals surface area contributed by atoms with E-state index in [1.165, 1.54) is 22.3 Å². The molecule has 0 unspecified atom stereocenters. The molecule has 1 fully saturated rings. The van der Waals surface area contributed by atoms with Gasteiger partial charge in [0.2, 0.25) is 0 Å². The molecule has 0 radical (unpaired) electrons. The van der Waals surface area contributed by atoms with Crippen LogP contribution in [0.4, 0.5) is 11.6 Å². The van der Waals surface area contributed by atoms with E-state index in [1.807, 2.05) is 12.1 Å². The SMILES string of the molecule is CC1=CC(Nc2cc(N3CCN(C)CC3)nc(Oc3ccc4c(c3C)C=C(C)C4)n2)=NC1. The number of aliphatic imine (C=N–C) groups is 1. The van der Waals surface area contributed by atoms with E-state index in [2.05, 4.69) is 71.1 Å². The second kappa shape index (κ2) is 8.39. The maximum Gasteiger partial charge on any atom is 0.325 e. The molecule has 166 valence electrons. The summed E-state index contributed by atoms with van der Waals surface area (Å²) in [6.07, 6.45) is 5.31. The Balaban J connectivity index is 1.46. The number of rotatable bonds is 4. The topological polar surface area (TPSA) is 65.9 Å². The molecule has 3 heterocycles. The standard InChI is InChI=1S/C25H30N6O/c1-16-11-19-5-6-21(18(3)20(19)12-16)32-25-28-23(27-22-13-17(2)15-26-22)14-24(29-25)31-9-7-30(4)8-10-31/h5-6,12-14H,7-11,15H2,1-4H3,(H,26,27,28,29). The molecule has 2 aromatic rings. The highest BCUT2D eigenvalue weighted by Crippen LogP contribution is 2.35. The number of anilines is 2. The molecule has 1 aliphatic carbocycles. The van der Waals surface area contributed by atoms with Crippen LogP contribution < -0.4 is 15.0 Å². The summed E-state index contributed by atoms with van der Waals surface area (Å²) in [5.41, 5.74) is 6.34. The van der Waals surface area contributed by atoms with Gasteiger partial charge in [-0.3, -0.25) is 4.99 Å². The van der Waals surface area contributed by atoms with E-state index in [-0.39, 0.29) is 0 Å². The van der Waals surface area contributed by atoms with Gasteiger partial charge in [0.05, 0.1) is 6.54 Å². The Hall–Kier alpha value is -3.19. The average Bonchev–Trinajstić information content (AvgIpc) is 3.35. The minimum absolute atomic E-state index is 0.352. The van der Waals surface area contributed by atoms with E-state index < -0.39 is 0 Å². The number of amidine groups is 1. The molecular weight excluding hydrogens is 400 g/mol. The molecule has 0 spiro atoms. The summed E-state index contributed by atoms with van der Waals surface area (Å²) in [4.78, 5) is 18.6. The zero-order valence-corrected chi connectivity index (χ0v) is 19.3. The van der Waals surface area contributed by atoms with Gasteiger partial charge in [-0.05, 0) is 68.6 Å². The lowest BCUT2D eigenvalue weighted by Crippen LogP contribution is -2.44. The van der Waals surface area contributed by atoms with Gasteiger partial charge in [-0.2, -0.15) is 9.97 Å². The van der Waals surface area contributed by atoms with E-state index in [0.717, 1.165) is 62.1 Å². The van der Waals surface area contributed by atoms with Crippen molar-refractivity contribution < 1.29 is 4.74 Å². The molecule has 1 aromatic heterocycles. The number of likely N-dealkylation sites (N-methyl/N-ethyl adjacent to an activating group) is 1. The van der Waals surface area contributed by atoms with Gasteiger partial charge >= 0.3 is 6.01 Å². The average molecular weight is 431 g/mol. The lowest BCUT2D eigenvalue weighted by molar-refractivity contribution is 0.311. The van der Waals surface area contributed by atoms with Crippen LogP contribution in [0.15, 0.2) is 40.4 Å². The highest BCUT2D eigenvalue weighted by Gasteiger charge is 2.20. The zero-order chi connectivity index (χ0) is 22.2. The fourth-order valence-electron chi connectivity index (χ4n) is 4.39. The molecule has 0 bridgehead atoms. The number of piperazine rings is 1. The summed E-state index contributed by atoms with van der Waals surface area (Å²) < 4.78 is 6.26. The molecule has 7 nitrogen and oxygen atoms in total. The van der Waals surface area contributed by atoms with Crippen LogP contribution in [0.3, 0.4) is 0 Å². The summed E-state index contributed by atoms with van der Waals surface area (Å²) in [7, 11) is 2.15. The van der Waals surface area contributed by atoms with Gasteiger partial charge in [0.15, 0.2) is 0 Å². The van der Waals surface area contributed by atoms with Crippen LogP contribution in [0.25, 0.3) is 6.08 Å². The van der Waals surface area contributed by atoms with Crippen molar-refractivity contribution in [3.05, 3.63) is 52.1 Å². The molecule has 7 heteroatoms. The third-order valence-electron chi connectivity index (χ3n) is 6.27. The molecule has 0 atom stereocenters. The van der Waals surface area contributed by atoms with Crippen LogP contribution in [0, 0.1) is 6.92 Å². The predicted molar refractivity (Wildman–Crippen MR) is 130 cm³/mol. The fourth-order valence-corrected chi connectivity index (χ4v) is 4.39. The number of hydrogen-bond donors (Lipinski definition) is 1. The Kier molecular flexibility index (Phi) is 5.43. The summed E-state index contributed by atoms with van der Waals surface area (Å²) >= 11 is 0. The highest BCUT2D eigenvalue weighted by molar-refractivity contribution is 6.05. The van der Waals surface area contributed by atoms with Crippen molar-refractivity contribution >= 4 is 23.5 Å². The second-order valence-electron chi connectivity index (χ2n) is 9.03. The number of aromatic nitrogens is 2.